The zero-order valence-corrected chi connectivity index (χ0v) is 10.4. The fourth-order valence-electron chi connectivity index (χ4n) is 1.69. The van der Waals surface area contributed by atoms with Crippen LogP contribution in [0, 0.1) is 10.1 Å². The second-order valence-electron chi connectivity index (χ2n) is 4.00. The Hall–Kier alpha value is -2.56. The van der Waals surface area contributed by atoms with Gasteiger partial charge in [-0.2, -0.15) is 0 Å². The van der Waals surface area contributed by atoms with Gasteiger partial charge in [0.25, 0.3) is 5.69 Å². The van der Waals surface area contributed by atoms with Crippen molar-refractivity contribution in [3.05, 3.63) is 58.1 Å². The molecule has 0 radical (unpaired) electrons. The normalized spacial score (nSPS) is 10.2. The molecule has 0 amide bonds. The van der Waals surface area contributed by atoms with Crippen molar-refractivity contribution in [3.63, 3.8) is 0 Å². The van der Waals surface area contributed by atoms with E-state index in [9.17, 15) is 15.2 Å². The molecule has 0 aliphatic carbocycles. The summed E-state index contributed by atoms with van der Waals surface area (Å²) in [5.74, 6) is 1.16. The maximum Gasteiger partial charge on any atom is 0.269 e. The lowest BCUT2D eigenvalue weighted by atomic mass is 10.1. The largest absolute Gasteiger partial charge is 0.508 e. The number of nitro groups is 1. The van der Waals surface area contributed by atoms with Crippen molar-refractivity contribution in [1.82, 2.24) is 0 Å². The molecule has 0 spiro atoms. The number of hydrogen-bond donors (Lipinski definition) is 1. The van der Waals surface area contributed by atoms with E-state index in [0.717, 1.165) is 12.0 Å². The number of non-ortho nitro benzene ring substituents is 1. The van der Waals surface area contributed by atoms with Gasteiger partial charge in [0.15, 0.2) is 0 Å². The van der Waals surface area contributed by atoms with E-state index in [1.807, 2.05) is 6.92 Å². The highest BCUT2D eigenvalue weighted by atomic mass is 16.6. The van der Waals surface area contributed by atoms with Crippen molar-refractivity contribution in [2.24, 2.45) is 0 Å². The first kappa shape index (κ1) is 12.9. The molecule has 0 atom stereocenters. The van der Waals surface area contributed by atoms with E-state index in [1.54, 1.807) is 12.1 Å². The number of phenolic OH excluding ortho intramolecular Hbond substituents is 1. The topological polar surface area (TPSA) is 72.6 Å². The van der Waals surface area contributed by atoms with Gasteiger partial charge in [-0.1, -0.05) is 13.0 Å². The van der Waals surface area contributed by atoms with Crippen molar-refractivity contribution in [1.29, 1.82) is 0 Å². The zero-order chi connectivity index (χ0) is 13.8. The minimum atomic E-state index is -0.463. The fourth-order valence-corrected chi connectivity index (χ4v) is 1.69. The number of aryl methyl sites for hydroxylation is 1. The standard InChI is InChI=1S/C14H13NO4/c1-2-10-3-6-12(16)9-14(10)19-13-7-4-11(5-8-13)15(17)18/h3-9,16H,2H2,1H3. The van der Waals surface area contributed by atoms with Gasteiger partial charge in [0.2, 0.25) is 0 Å². The Balaban J connectivity index is 2.25. The molecule has 1 N–H and O–H groups in total. The second kappa shape index (κ2) is 5.39. The van der Waals surface area contributed by atoms with E-state index < -0.39 is 4.92 Å². The van der Waals surface area contributed by atoms with Crippen LogP contribution in [0.25, 0.3) is 0 Å². The lowest BCUT2D eigenvalue weighted by molar-refractivity contribution is -0.384. The Morgan fingerprint density at radius 1 is 1.21 bits per heavy atom. The van der Waals surface area contributed by atoms with E-state index in [4.69, 9.17) is 4.74 Å². The number of nitro benzene ring substituents is 1. The van der Waals surface area contributed by atoms with Crippen molar-refractivity contribution in [3.8, 4) is 17.2 Å². The van der Waals surface area contributed by atoms with Crippen LogP contribution in [0.4, 0.5) is 5.69 Å². The molecule has 0 aromatic heterocycles. The van der Waals surface area contributed by atoms with Crippen LogP contribution in [0.15, 0.2) is 42.5 Å². The summed E-state index contributed by atoms with van der Waals surface area (Å²) in [4.78, 5) is 10.1. The lowest BCUT2D eigenvalue weighted by Crippen LogP contribution is -1.91. The molecule has 0 heterocycles. The van der Waals surface area contributed by atoms with Gasteiger partial charge < -0.3 is 9.84 Å². The molecular weight excluding hydrogens is 246 g/mol. The zero-order valence-electron chi connectivity index (χ0n) is 10.4. The average Bonchev–Trinajstić information content (AvgIpc) is 2.39. The van der Waals surface area contributed by atoms with Crippen LogP contribution in [0.3, 0.4) is 0 Å². The van der Waals surface area contributed by atoms with Crippen molar-refractivity contribution in [2.45, 2.75) is 13.3 Å². The Bertz CT molecular complexity index is 593. The predicted octanol–water partition coefficient (Wildman–Crippen LogP) is 3.66. The van der Waals surface area contributed by atoms with Crippen LogP contribution >= 0.6 is 0 Å². The molecule has 2 rings (SSSR count). The summed E-state index contributed by atoms with van der Waals surface area (Å²) >= 11 is 0. The van der Waals surface area contributed by atoms with Crippen LogP contribution in [0.5, 0.6) is 17.2 Å². The lowest BCUT2D eigenvalue weighted by Gasteiger charge is -2.10. The molecule has 0 bridgehead atoms. The molecule has 2 aromatic carbocycles. The van der Waals surface area contributed by atoms with Gasteiger partial charge in [-0.25, -0.2) is 0 Å². The summed E-state index contributed by atoms with van der Waals surface area (Å²) in [5, 5.41) is 20.0. The number of hydrogen-bond acceptors (Lipinski definition) is 4. The van der Waals surface area contributed by atoms with Crippen molar-refractivity contribution < 1.29 is 14.8 Å². The summed E-state index contributed by atoms with van der Waals surface area (Å²) in [6, 6.07) is 10.7. The molecule has 98 valence electrons. The van der Waals surface area contributed by atoms with Crippen LogP contribution in [-0.4, -0.2) is 10.0 Å². The first-order valence-electron chi connectivity index (χ1n) is 5.84. The number of phenols is 1. The molecule has 0 aliphatic heterocycles. The van der Waals surface area contributed by atoms with Crippen molar-refractivity contribution >= 4 is 5.69 Å². The Morgan fingerprint density at radius 2 is 1.89 bits per heavy atom. The first-order chi connectivity index (χ1) is 9.10. The molecule has 0 saturated carbocycles. The second-order valence-corrected chi connectivity index (χ2v) is 4.00. The summed E-state index contributed by atoms with van der Waals surface area (Å²) in [5.41, 5.74) is 0.968. The summed E-state index contributed by atoms with van der Waals surface area (Å²) in [6.07, 6.45) is 0.766. The number of ether oxygens (including phenoxy) is 1. The molecule has 5 heteroatoms. The average molecular weight is 259 g/mol. The fraction of sp³-hybridized carbons (Fsp3) is 0.143. The highest BCUT2D eigenvalue weighted by molar-refractivity contribution is 5.44. The number of nitrogens with zero attached hydrogens (tertiary/aromatic N) is 1. The minimum absolute atomic E-state index is 0.0129. The third-order valence-corrected chi connectivity index (χ3v) is 2.71. The van der Waals surface area contributed by atoms with Gasteiger partial charge >= 0.3 is 0 Å². The van der Waals surface area contributed by atoms with E-state index in [1.165, 1.54) is 30.3 Å². The number of rotatable bonds is 4. The van der Waals surface area contributed by atoms with E-state index in [-0.39, 0.29) is 11.4 Å². The third kappa shape index (κ3) is 3.01. The molecule has 5 nitrogen and oxygen atoms in total. The number of benzene rings is 2. The molecule has 0 unspecified atom stereocenters. The molecule has 0 fully saturated rings. The van der Waals surface area contributed by atoms with Crippen LogP contribution in [0.1, 0.15) is 12.5 Å². The van der Waals surface area contributed by atoms with Gasteiger partial charge in [-0.05, 0) is 30.2 Å². The summed E-state index contributed by atoms with van der Waals surface area (Å²) < 4.78 is 5.63. The molecule has 19 heavy (non-hydrogen) atoms. The molecule has 0 saturated heterocycles. The van der Waals surface area contributed by atoms with Crippen LogP contribution in [0.2, 0.25) is 0 Å². The Morgan fingerprint density at radius 3 is 2.47 bits per heavy atom. The maximum atomic E-state index is 10.5. The van der Waals surface area contributed by atoms with Gasteiger partial charge in [0.05, 0.1) is 4.92 Å². The Labute approximate surface area is 110 Å². The summed E-state index contributed by atoms with van der Waals surface area (Å²) in [7, 11) is 0. The highest BCUT2D eigenvalue weighted by Gasteiger charge is 2.08. The summed E-state index contributed by atoms with van der Waals surface area (Å²) in [6.45, 7) is 1.98. The van der Waals surface area contributed by atoms with Gasteiger partial charge in [0.1, 0.15) is 17.2 Å². The van der Waals surface area contributed by atoms with E-state index in [0.29, 0.717) is 11.5 Å². The minimum Gasteiger partial charge on any atom is -0.508 e. The van der Waals surface area contributed by atoms with E-state index in [2.05, 4.69) is 0 Å². The monoisotopic (exact) mass is 259 g/mol. The molecular formula is C14H13NO4. The maximum absolute atomic E-state index is 10.5. The molecule has 2 aromatic rings. The molecule has 0 aliphatic rings. The third-order valence-electron chi connectivity index (χ3n) is 2.71. The SMILES string of the molecule is CCc1ccc(O)cc1Oc1ccc([N+](=O)[O-])cc1. The van der Waals surface area contributed by atoms with Gasteiger partial charge in [-0.3, -0.25) is 10.1 Å². The van der Waals surface area contributed by atoms with E-state index >= 15 is 0 Å². The predicted molar refractivity (Wildman–Crippen MR) is 70.7 cm³/mol. The van der Waals surface area contributed by atoms with Crippen molar-refractivity contribution in [2.75, 3.05) is 0 Å². The quantitative estimate of drug-likeness (QED) is 0.671. The van der Waals surface area contributed by atoms with Crippen LogP contribution in [-0.2, 0) is 6.42 Å². The van der Waals surface area contributed by atoms with Gasteiger partial charge in [0, 0.05) is 18.2 Å². The van der Waals surface area contributed by atoms with Gasteiger partial charge in [-0.15, -0.1) is 0 Å². The smallest absolute Gasteiger partial charge is 0.269 e. The first-order valence-corrected chi connectivity index (χ1v) is 5.84. The number of aromatic hydroxyl groups is 1. The Kier molecular flexibility index (Phi) is 3.66. The van der Waals surface area contributed by atoms with Crippen LogP contribution < -0.4 is 4.74 Å². The highest BCUT2D eigenvalue weighted by Crippen LogP contribution is 2.30.